The third kappa shape index (κ3) is 5.51. The minimum Gasteiger partial charge on any atom is -0.394 e. The lowest BCUT2D eigenvalue weighted by molar-refractivity contribution is 0.0331. The molecule has 0 aromatic heterocycles. The van der Waals surface area contributed by atoms with Gasteiger partial charge in [-0.15, -0.1) is 0 Å². The van der Waals surface area contributed by atoms with Gasteiger partial charge in [0.05, 0.1) is 19.8 Å². The maximum atomic E-state index is 9.86. The van der Waals surface area contributed by atoms with Crippen LogP contribution >= 0.6 is 0 Å². The summed E-state index contributed by atoms with van der Waals surface area (Å²) in [6, 6.07) is 0.658. The number of hydrogen-bond acceptors (Lipinski definition) is 4. The highest BCUT2D eigenvalue weighted by Gasteiger charge is 2.44. The van der Waals surface area contributed by atoms with E-state index in [0.717, 1.165) is 32.5 Å². The molecule has 0 bridgehead atoms. The topological polar surface area (TPSA) is 50.7 Å². The van der Waals surface area contributed by atoms with Gasteiger partial charge in [-0.1, -0.05) is 19.8 Å². The largest absolute Gasteiger partial charge is 0.394 e. The third-order valence-electron chi connectivity index (χ3n) is 4.93. The summed E-state index contributed by atoms with van der Waals surface area (Å²) in [5.74, 6) is 0.559. The highest BCUT2D eigenvalue weighted by atomic mass is 16.5. The molecule has 2 fully saturated rings. The van der Waals surface area contributed by atoms with Gasteiger partial charge in [0.2, 0.25) is 0 Å². The number of aliphatic hydroxyl groups excluding tert-OH is 1. The molecular weight excluding hydrogens is 266 g/mol. The van der Waals surface area contributed by atoms with Crippen LogP contribution in [-0.2, 0) is 9.47 Å². The van der Waals surface area contributed by atoms with Crippen LogP contribution < -0.4 is 5.32 Å². The van der Waals surface area contributed by atoms with Crippen molar-refractivity contribution in [3.63, 3.8) is 0 Å². The summed E-state index contributed by atoms with van der Waals surface area (Å²) >= 11 is 0. The van der Waals surface area contributed by atoms with E-state index in [2.05, 4.69) is 12.2 Å². The molecule has 0 aliphatic heterocycles. The van der Waals surface area contributed by atoms with E-state index in [1.807, 2.05) is 0 Å². The molecule has 0 spiro atoms. The van der Waals surface area contributed by atoms with Crippen LogP contribution in [0.4, 0.5) is 0 Å². The Balaban J connectivity index is 1.58. The second-order valence-electron chi connectivity index (χ2n) is 6.69. The molecule has 2 unspecified atom stereocenters. The molecule has 2 aliphatic carbocycles. The van der Waals surface area contributed by atoms with Crippen molar-refractivity contribution < 1.29 is 14.6 Å². The van der Waals surface area contributed by atoms with Crippen LogP contribution in [0.3, 0.4) is 0 Å². The molecule has 2 saturated carbocycles. The van der Waals surface area contributed by atoms with E-state index in [9.17, 15) is 5.11 Å². The maximum Gasteiger partial charge on any atom is 0.0700 e. The normalized spacial score (nSPS) is 29.1. The van der Waals surface area contributed by atoms with E-state index in [1.165, 1.54) is 32.1 Å². The Bertz CT molecular complexity index is 283. The molecule has 2 N–H and O–H groups in total. The van der Waals surface area contributed by atoms with Crippen molar-refractivity contribution in [2.24, 2.45) is 5.92 Å². The maximum absolute atomic E-state index is 9.86. The Morgan fingerprint density at radius 1 is 1.10 bits per heavy atom. The van der Waals surface area contributed by atoms with Crippen molar-refractivity contribution in [3.05, 3.63) is 0 Å². The first-order chi connectivity index (χ1) is 10.3. The van der Waals surface area contributed by atoms with Crippen molar-refractivity contribution in [2.75, 3.05) is 33.0 Å². The zero-order chi connectivity index (χ0) is 15.0. The molecular formula is C17H33NO3. The van der Waals surface area contributed by atoms with Gasteiger partial charge < -0.3 is 19.9 Å². The predicted molar refractivity (Wildman–Crippen MR) is 84.5 cm³/mol. The smallest absolute Gasteiger partial charge is 0.0700 e. The summed E-state index contributed by atoms with van der Waals surface area (Å²) in [7, 11) is 0. The van der Waals surface area contributed by atoms with Gasteiger partial charge in [0.15, 0.2) is 0 Å². The van der Waals surface area contributed by atoms with Gasteiger partial charge in [-0.3, -0.25) is 0 Å². The molecule has 0 amide bonds. The standard InChI is InChI=1S/C17H33NO3/c1-2-3-10-20-12-13-21-11-8-15-5-4-9-17(15,14-19)18-16-6-7-16/h15-16,18-19H,2-14H2,1H3. The lowest BCUT2D eigenvalue weighted by Gasteiger charge is -2.35. The van der Waals surface area contributed by atoms with Gasteiger partial charge in [0.1, 0.15) is 0 Å². The number of aliphatic hydroxyl groups is 1. The van der Waals surface area contributed by atoms with Crippen LogP contribution in [0.25, 0.3) is 0 Å². The first-order valence-electron chi connectivity index (χ1n) is 8.85. The van der Waals surface area contributed by atoms with Crippen molar-refractivity contribution >= 4 is 0 Å². The molecule has 4 heteroatoms. The van der Waals surface area contributed by atoms with Crippen molar-refractivity contribution in [3.8, 4) is 0 Å². The Morgan fingerprint density at radius 2 is 1.86 bits per heavy atom. The first-order valence-corrected chi connectivity index (χ1v) is 8.85. The minimum atomic E-state index is -0.0256. The summed E-state index contributed by atoms with van der Waals surface area (Å²) < 4.78 is 11.2. The summed E-state index contributed by atoms with van der Waals surface area (Å²) in [5, 5.41) is 13.6. The number of hydrogen-bond donors (Lipinski definition) is 2. The Morgan fingerprint density at radius 3 is 2.52 bits per heavy atom. The molecule has 2 rings (SSSR count). The molecule has 0 saturated heterocycles. The molecule has 0 aromatic rings. The fourth-order valence-corrected chi connectivity index (χ4v) is 3.44. The lowest BCUT2D eigenvalue weighted by Crippen LogP contribution is -2.52. The van der Waals surface area contributed by atoms with Crippen molar-refractivity contribution in [1.82, 2.24) is 5.32 Å². The minimum absolute atomic E-state index is 0.0256. The lowest BCUT2D eigenvalue weighted by atomic mass is 9.85. The van der Waals surface area contributed by atoms with Crippen LogP contribution in [-0.4, -0.2) is 49.7 Å². The van der Waals surface area contributed by atoms with E-state index in [0.29, 0.717) is 25.2 Å². The highest BCUT2D eigenvalue weighted by Crippen LogP contribution is 2.40. The zero-order valence-corrected chi connectivity index (χ0v) is 13.6. The second kappa shape index (κ2) is 9.09. The quantitative estimate of drug-likeness (QED) is 0.544. The van der Waals surface area contributed by atoms with E-state index in [1.54, 1.807) is 0 Å². The van der Waals surface area contributed by atoms with Crippen molar-refractivity contribution in [1.29, 1.82) is 0 Å². The molecule has 4 nitrogen and oxygen atoms in total. The number of unbranched alkanes of at least 4 members (excludes halogenated alkanes) is 1. The molecule has 0 radical (unpaired) electrons. The first kappa shape index (κ1) is 17.2. The van der Waals surface area contributed by atoms with Crippen LogP contribution in [0.5, 0.6) is 0 Å². The summed E-state index contributed by atoms with van der Waals surface area (Å²) in [5.41, 5.74) is -0.0256. The molecule has 0 aromatic carbocycles. The molecule has 2 atom stereocenters. The fraction of sp³-hybridized carbons (Fsp3) is 1.00. The van der Waals surface area contributed by atoms with E-state index < -0.39 is 0 Å². The zero-order valence-electron chi connectivity index (χ0n) is 13.6. The number of rotatable bonds is 12. The Labute approximate surface area is 129 Å². The predicted octanol–water partition coefficient (Wildman–Crippen LogP) is 2.49. The summed E-state index contributed by atoms with van der Waals surface area (Å²) in [6.45, 7) is 5.48. The SMILES string of the molecule is CCCCOCCOCCC1CCCC1(CO)NC1CC1. The monoisotopic (exact) mass is 299 g/mol. The van der Waals surface area contributed by atoms with Crippen molar-refractivity contribution in [2.45, 2.75) is 69.9 Å². The van der Waals surface area contributed by atoms with Gasteiger partial charge >= 0.3 is 0 Å². The van der Waals surface area contributed by atoms with Crippen LogP contribution in [0.2, 0.25) is 0 Å². The van der Waals surface area contributed by atoms with E-state index in [-0.39, 0.29) is 12.1 Å². The average molecular weight is 299 g/mol. The van der Waals surface area contributed by atoms with E-state index in [4.69, 9.17) is 9.47 Å². The molecule has 2 aliphatic rings. The van der Waals surface area contributed by atoms with Gasteiger partial charge in [-0.25, -0.2) is 0 Å². The molecule has 0 heterocycles. The molecule has 124 valence electrons. The highest BCUT2D eigenvalue weighted by molar-refractivity contribution is 5.02. The van der Waals surface area contributed by atoms with Gasteiger partial charge in [0.25, 0.3) is 0 Å². The number of nitrogens with one attached hydrogen (secondary N) is 1. The number of ether oxygens (including phenoxy) is 2. The van der Waals surface area contributed by atoms with Crippen LogP contribution in [0.15, 0.2) is 0 Å². The summed E-state index contributed by atoms with van der Waals surface area (Å²) in [6.07, 6.45) is 9.48. The second-order valence-corrected chi connectivity index (χ2v) is 6.69. The Hall–Kier alpha value is -0.160. The van der Waals surface area contributed by atoms with Gasteiger partial charge in [-0.05, 0) is 44.4 Å². The van der Waals surface area contributed by atoms with Crippen LogP contribution in [0.1, 0.15) is 58.3 Å². The summed E-state index contributed by atoms with van der Waals surface area (Å²) in [4.78, 5) is 0. The fourth-order valence-electron chi connectivity index (χ4n) is 3.44. The van der Waals surface area contributed by atoms with E-state index >= 15 is 0 Å². The molecule has 21 heavy (non-hydrogen) atoms. The Kier molecular flexibility index (Phi) is 7.44. The van der Waals surface area contributed by atoms with Gasteiger partial charge in [-0.2, -0.15) is 0 Å². The van der Waals surface area contributed by atoms with Crippen LogP contribution in [0, 0.1) is 5.92 Å². The van der Waals surface area contributed by atoms with Gasteiger partial charge in [0, 0.05) is 24.8 Å². The third-order valence-corrected chi connectivity index (χ3v) is 4.93. The average Bonchev–Trinajstić information content (AvgIpc) is 3.22.